The van der Waals surface area contributed by atoms with Gasteiger partial charge in [0.2, 0.25) is 5.91 Å². The molecule has 6 nitrogen and oxygen atoms in total. The number of ether oxygens (including phenoxy) is 1. The van der Waals surface area contributed by atoms with Gasteiger partial charge < -0.3 is 4.74 Å². The predicted octanol–water partition coefficient (Wildman–Crippen LogP) is 4.06. The van der Waals surface area contributed by atoms with Crippen LogP contribution in [0.3, 0.4) is 0 Å². The fraction of sp³-hybridized carbons (Fsp3) is 0.200. The molecule has 31 heavy (non-hydrogen) atoms. The molecule has 2 aromatic carbocycles. The molecule has 0 fully saturated rings. The van der Waals surface area contributed by atoms with E-state index in [0.717, 1.165) is 5.69 Å². The van der Waals surface area contributed by atoms with Crippen molar-refractivity contribution in [2.24, 2.45) is 4.99 Å². The summed E-state index contributed by atoms with van der Waals surface area (Å²) in [6, 6.07) is 19.9. The fourth-order valence-electron chi connectivity index (χ4n) is 3.61. The summed E-state index contributed by atoms with van der Waals surface area (Å²) in [6.45, 7) is 2.96. The van der Waals surface area contributed by atoms with Crippen LogP contribution in [0.25, 0.3) is 0 Å². The number of imide groups is 1. The summed E-state index contributed by atoms with van der Waals surface area (Å²) in [4.78, 5) is 36.5. The van der Waals surface area contributed by atoms with Gasteiger partial charge in [0, 0.05) is 36.6 Å². The largest absolute Gasteiger partial charge is 0.494 e. The third-order valence-corrected chi connectivity index (χ3v) is 5.10. The minimum atomic E-state index is -0.621. The van der Waals surface area contributed by atoms with Crippen LogP contribution >= 0.6 is 0 Å². The lowest BCUT2D eigenvalue weighted by Gasteiger charge is -2.31. The molecule has 0 unspecified atom stereocenters. The molecule has 0 aliphatic carbocycles. The van der Waals surface area contributed by atoms with Crippen LogP contribution in [0.2, 0.25) is 0 Å². The minimum Gasteiger partial charge on any atom is -0.494 e. The lowest BCUT2D eigenvalue weighted by atomic mass is 9.89. The summed E-state index contributed by atoms with van der Waals surface area (Å²) < 4.78 is 5.47. The van der Waals surface area contributed by atoms with Crippen molar-refractivity contribution in [3.05, 3.63) is 89.7 Å². The first-order chi connectivity index (χ1) is 15.2. The van der Waals surface area contributed by atoms with Gasteiger partial charge in [0.05, 0.1) is 18.2 Å². The van der Waals surface area contributed by atoms with Crippen LogP contribution in [0, 0.1) is 0 Å². The van der Waals surface area contributed by atoms with Crippen LogP contribution in [0.4, 0.5) is 5.69 Å². The normalized spacial score (nSPS) is 15.9. The van der Waals surface area contributed by atoms with Gasteiger partial charge in [-0.3, -0.25) is 19.6 Å². The first-order valence-electron chi connectivity index (χ1n) is 10.3. The van der Waals surface area contributed by atoms with Crippen LogP contribution in [0.5, 0.6) is 5.75 Å². The van der Waals surface area contributed by atoms with Crippen molar-refractivity contribution in [3.63, 3.8) is 0 Å². The van der Waals surface area contributed by atoms with Crippen molar-refractivity contribution in [1.82, 2.24) is 4.98 Å². The third kappa shape index (κ3) is 4.38. The van der Waals surface area contributed by atoms with Gasteiger partial charge >= 0.3 is 0 Å². The Morgan fingerprint density at radius 3 is 2.55 bits per heavy atom. The van der Waals surface area contributed by atoms with Crippen molar-refractivity contribution in [2.45, 2.75) is 19.3 Å². The molecular weight excluding hydrogens is 390 g/mol. The van der Waals surface area contributed by atoms with Gasteiger partial charge in [-0.05, 0) is 55.0 Å². The predicted molar refractivity (Wildman–Crippen MR) is 120 cm³/mol. The Labute approximate surface area is 181 Å². The van der Waals surface area contributed by atoms with Gasteiger partial charge in [-0.2, -0.15) is 0 Å². The average molecular weight is 413 g/mol. The highest BCUT2D eigenvalue weighted by Gasteiger charge is 2.38. The first-order valence-corrected chi connectivity index (χ1v) is 10.3. The lowest BCUT2D eigenvalue weighted by molar-refractivity contribution is -0.118. The van der Waals surface area contributed by atoms with Crippen LogP contribution in [0.1, 0.15) is 34.5 Å². The second-order valence-corrected chi connectivity index (χ2v) is 7.10. The molecule has 0 saturated carbocycles. The topological polar surface area (TPSA) is 71.9 Å². The Morgan fingerprint density at radius 1 is 1.03 bits per heavy atom. The number of aromatic nitrogens is 1. The summed E-state index contributed by atoms with van der Waals surface area (Å²) in [7, 11) is 0. The van der Waals surface area contributed by atoms with Crippen molar-refractivity contribution < 1.29 is 14.3 Å². The summed E-state index contributed by atoms with van der Waals surface area (Å²) in [5, 5.41) is 0. The molecule has 6 heteroatoms. The number of benzene rings is 2. The van der Waals surface area contributed by atoms with Gasteiger partial charge in [-0.25, -0.2) is 4.90 Å². The van der Waals surface area contributed by atoms with Crippen LogP contribution in [-0.2, 0) is 11.2 Å². The number of rotatable bonds is 7. The van der Waals surface area contributed by atoms with Crippen LogP contribution in [-0.4, -0.2) is 36.2 Å². The molecule has 4 rings (SSSR count). The molecule has 0 N–H and O–H groups in total. The number of aliphatic imine (C=N–C) groups is 1. The van der Waals surface area contributed by atoms with Gasteiger partial charge in [0.1, 0.15) is 5.75 Å². The van der Waals surface area contributed by atoms with Gasteiger partial charge in [-0.15, -0.1) is 0 Å². The smallest absolute Gasteiger partial charge is 0.265 e. The molecule has 0 radical (unpaired) electrons. The van der Waals surface area contributed by atoms with E-state index >= 15 is 0 Å². The highest BCUT2D eigenvalue weighted by Crippen LogP contribution is 2.32. The maximum atomic E-state index is 13.3. The Balaban J connectivity index is 1.60. The molecule has 0 spiro atoms. The van der Waals surface area contributed by atoms with E-state index in [9.17, 15) is 9.59 Å². The van der Waals surface area contributed by atoms with Crippen molar-refractivity contribution in [2.75, 3.05) is 18.1 Å². The van der Waals surface area contributed by atoms with Crippen LogP contribution in [0.15, 0.2) is 77.9 Å². The van der Waals surface area contributed by atoms with Crippen molar-refractivity contribution >= 4 is 23.7 Å². The maximum absolute atomic E-state index is 13.3. The van der Waals surface area contributed by atoms with E-state index in [-0.39, 0.29) is 11.8 Å². The molecule has 1 aliphatic heterocycles. The average Bonchev–Trinajstić information content (AvgIpc) is 2.80. The number of anilines is 1. The molecule has 3 aromatic rings. The molecule has 0 bridgehead atoms. The maximum Gasteiger partial charge on any atom is 0.265 e. The number of carbonyl (C=O) groups is 2. The van der Waals surface area contributed by atoms with E-state index in [1.165, 1.54) is 4.90 Å². The molecule has 1 aromatic heterocycles. The Bertz CT molecular complexity index is 1090. The van der Waals surface area contributed by atoms with Gasteiger partial charge in [0.25, 0.3) is 5.91 Å². The van der Waals surface area contributed by atoms with E-state index in [4.69, 9.17) is 4.74 Å². The van der Waals surface area contributed by atoms with Gasteiger partial charge in [-0.1, -0.05) is 24.3 Å². The summed E-state index contributed by atoms with van der Waals surface area (Å²) in [5.74, 6) is -0.572. The van der Waals surface area contributed by atoms with E-state index in [2.05, 4.69) is 9.98 Å². The quantitative estimate of drug-likeness (QED) is 0.432. The number of hydrogen-bond acceptors (Lipinski definition) is 5. The number of nitrogens with zero attached hydrogens (tertiary/aromatic N) is 3. The standard InChI is InChI=1S/C25H23N3O3/c1-2-31-20-12-10-19(11-13-20)28-24(29)22-9-4-3-8-21(22)23(25(28)30)17-26-16-14-18-7-5-6-15-27-18/h3-13,15,17,23H,2,14,16H2,1H3/t23-/m0/s1. The second-order valence-electron chi connectivity index (χ2n) is 7.10. The number of hydrogen-bond donors (Lipinski definition) is 0. The SMILES string of the molecule is CCOc1ccc(N2C(=O)c3ccccc3[C@H](C=NCCc3ccccn3)C2=O)cc1. The number of pyridine rings is 1. The Morgan fingerprint density at radius 2 is 1.81 bits per heavy atom. The molecule has 2 amide bonds. The number of carbonyl (C=O) groups excluding carboxylic acids is 2. The van der Waals surface area contributed by atoms with E-state index in [1.807, 2.05) is 37.3 Å². The highest BCUT2D eigenvalue weighted by molar-refractivity contribution is 6.29. The molecule has 156 valence electrons. The van der Waals surface area contributed by atoms with Crippen molar-refractivity contribution in [3.8, 4) is 5.75 Å². The molecule has 0 saturated heterocycles. The van der Waals surface area contributed by atoms with E-state index < -0.39 is 5.92 Å². The number of amides is 2. The minimum absolute atomic E-state index is 0.311. The fourth-order valence-corrected chi connectivity index (χ4v) is 3.61. The third-order valence-electron chi connectivity index (χ3n) is 5.10. The van der Waals surface area contributed by atoms with Gasteiger partial charge in [0.15, 0.2) is 0 Å². The second kappa shape index (κ2) is 9.34. The monoisotopic (exact) mass is 413 g/mol. The zero-order valence-corrected chi connectivity index (χ0v) is 17.3. The van der Waals surface area contributed by atoms with Crippen LogP contribution < -0.4 is 9.64 Å². The van der Waals surface area contributed by atoms with E-state index in [0.29, 0.717) is 42.1 Å². The first kappa shape index (κ1) is 20.5. The number of fused-ring (bicyclic) bond motifs is 1. The summed E-state index contributed by atoms with van der Waals surface area (Å²) >= 11 is 0. The molecule has 1 aliphatic rings. The Kier molecular flexibility index (Phi) is 6.17. The Hall–Kier alpha value is -3.80. The summed E-state index contributed by atoms with van der Waals surface area (Å²) in [6.07, 6.45) is 4.08. The van der Waals surface area contributed by atoms with Crippen molar-refractivity contribution in [1.29, 1.82) is 0 Å². The molecular formula is C25H23N3O3. The lowest BCUT2D eigenvalue weighted by Crippen LogP contribution is -2.45. The molecule has 1 atom stereocenters. The molecule has 2 heterocycles. The highest BCUT2D eigenvalue weighted by atomic mass is 16.5. The zero-order valence-electron chi connectivity index (χ0n) is 17.3. The summed E-state index contributed by atoms with van der Waals surface area (Å²) in [5.41, 5.74) is 2.65. The zero-order chi connectivity index (χ0) is 21.6. The van der Waals surface area contributed by atoms with E-state index in [1.54, 1.807) is 48.8 Å².